The van der Waals surface area contributed by atoms with E-state index in [0.717, 1.165) is 44.2 Å². The van der Waals surface area contributed by atoms with Crippen molar-refractivity contribution >= 4 is 6.03 Å². The Hall–Kier alpha value is -1.62. The first-order valence-corrected chi connectivity index (χ1v) is 8.88. The Morgan fingerprint density at radius 3 is 2.96 bits per heavy atom. The van der Waals surface area contributed by atoms with Gasteiger partial charge in [-0.3, -0.25) is 4.98 Å². The first-order chi connectivity index (χ1) is 11.2. The van der Waals surface area contributed by atoms with Gasteiger partial charge in [0.05, 0.1) is 0 Å². The van der Waals surface area contributed by atoms with Gasteiger partial charge in [-0.15, -0.1) is 0 Å². The normalized spacial score (nSPS) is 22.7. The van der Waals surface area contributed by atoms with Crippen molar-refractivity contribution in [2.45, 2.75) is 32.1 Å². The minimum absolute atomic E-state index is 0.0733. The molecule has 2 aliphatic rings. The summed E-state index contributed by atoms with van der Waals surface area (Å²) < 4.78 is 0. The van der Waals surface area contributed by atoms with Gasteiger partial charge in [-0.1, -0.05) is 13.0 Å². The highest BCUT2D eigenvalue weighted by Gasteiger charge is 2.32. The maximum Gasteiger partial charge on any atom is 0.317 e. The molecule has 5 nitrogen and oxygen atoms in total. The molecule has 2 saturated heterocycles. The van der Waals surface area contributed by atoms with Crippen molar-refractivity contribution in [3.8, 4) is 0 Å². The van der Waals surface area contributed by atoms with Crippen molar-refractivity contribution in [1.29, 1.82) is 0 Å². The highest BCUT2D eigenvalue weighted by molar-refractivity contribution is 5.75. The van der Waals surface area contributed by atoms with E-state index < -0.39 is 0 Å². The average Bonchev–Trinajstić information content (AvgIpc) is 2.51. The Morgan fingerprint density at radius 1 is 1.35 bits per heavy atom. The van der Waals surface area contributed by atoms with Crippen LogP contribution >= 0.6 is 0 Å². The predicted molar refractivity (Wildman–Crippen MR) is 91.4 cm³/mol. The molecule has 0 bridgehead atoms. The molecule has 0 aromatic carbocycles. The smallest absolute Gasteiger partial charge is 0.317 e. The Kier molecular flexibility index (Phi) is 5.49. The molecule has 2 aliphatic heterocycles. The minimum atomic E-state index is 0.0733. The number of urea groups is 1. The molecule has 5 heteroatoms. The van der Waals surface area contributed by atoms with E-state index in [4.69, 9.17) is 0 Å². The third-order valence-electron chi connectivity index (χ3n) is 4.94. The van der Waals surface area contributed by atoms with Crippen LogP contribution in [0.15, 0.2) is 24.4 Å². The molecule has 0 radical (unpaired) electrons. The number of carbonyl (C=O) groups is 1. The number of nitrogens with one attached hydrogen (secondary N) is 1. The monoisotopic (exact) mass is 316 g/mol. The molecule has 0 spiro atoms. The van der Waals surface area contributed by atoms with Gasteiger partial charge in [0.25, 0.3) is 0 Å². The quantitative estimate of drug-likeness (QED) is 0.848. The lowest BCUT2D eigenvalue weighted by Gasteiger charge is -2.38. The van der Waals surface area contributed by atoms with Crippen LogP contribution in [0.2, 0.25) is 0 Å². The number of likely N-dealkylation sites (tertiary alicyclic amines) is 2. The van der Waals surface area contributed by atoms with Crippen LogP contribution in [0.25, 0.3) is 0 Å². The second-order valence-electron chi connectivity index (χ2n) is 6.99. The highest BCUT2D eigenvalue weighted by Crippen LogP contribution is 2.24. The van der Waals surface area contributed by atoms with Crippen LogP contribution < -0.4 is 5.32 Å². The van der Waals surface area contributed by atoms with Gasteiger partial charge in [0, 0.05) is 44.0 Å². The highest BCUT2D eigenvalue weighted by atomic mass is 16.2. The van der Waals surface area contributed by atoms with Crippen LogP contribution in [-0.4, -0.2) is 60.1 Å². The molecule has 3 rings (SSSR count). The number of hydrogen-bond donors (Lipinski definition) is 1. The first-order valence-electron chi connectivity index (χ1n) is 8.88. The number of rotatable bonds is 5. The molecular weight excluding hydrogens is 288 g/mol. The maximum atomic E-state index is 12.1. The van der Waals surface area contributed by atoms with Crippen molar-refractivity contribution in [2.24, 2.45) is 5.92 Å². The zero-order valence-corrected chi connectivity index (χ0v) is 14.1. The molecule has 0 aliphatic carbocycles. The van der Waals surface area contributed by atoms with Crippen LogP contribution in [0.4, 0.5) is 4.79 Å². The molecule has 0 saturated carbocycles. The fourth-order valence-corrected chi connectivity index (χ4v) is 3.55. The summed E-state index contributed by atoms with van der Waals surface area (Å²) in [5.41, 5.74) is 1.09. The predicted octanol–water partition coefficient (Wildman–Crippen LogP) is 2.31. The lowest BCUT2D eigenvalue weighted by Crippen LogP contribution is -2.53. The van der Waals surface area contributed by atoms with Gasteiger partial charge < -0.3 is 15.1 Å². The van der Waals surface area contributed by atoms with E-state index in [9.17, 15) is 4.79 Å². The van der Waals surface area contributed by atoms with Crippen LogP contribution in [0, 0.1) is 5.92 Å². The molecule has 1 aromatic heterocycles. The molecule has 0 unspecified atom stereocenters. The van der Waals surface area contributed by atoms with Crippen molar-refractivity contribution < 1.29 is 4.79 Å². The largest absolute Gasteiger partial charge is 0.338 e. The lowest BCUT2D eigenvalue weighted by atomic mass is 9.96. The third kappa shape index (κ3) is 4.44. The van der Waals surface area contributed by atoms with E-state index in [1.165, 1.54) is 25.9 Å². The number of piperidine rings is 1. The number of amides is 2. The number of hydrogen-bond acceptors (Lipinski definition) is 3. The van der Waals surface area contributed by atoms with E-state index >= 15 is 0 Å². The number of carbonyl (C=O) groups excluding carboxylic acids is 1. The van der Waals surface area contributed by atoms with E-state index in [2.05, 4.69) is 22.1 Å². The average molecular weight is 316 g/mol. The van der Waals surface area contributed by atoms with Crippen LogP contribution in [0.3, 0.4) is 0 Å². The van der Waals surface area contributed by atoms with Gasteiger partial charge in [0.15, 0.2) is 0 Å². The zero-order valence-electron chi connectivity index (χ0n) is 14.1. The van der Waals surface area contributed by atoms with E-state index in [-0.39, 0.29) is 6.03 Å². The number of pyridine rings is 1. The molecule has 2 amide bonds. The Bertz CT molecular complexity index is 501. The Morgan fingerprint density at radius 2 is 2.22 bits per heavy atom. The van der Waals surface area contributed by atoms with Crippen molar-refractivity contribution in [1.82, 2.24) is 20.1 Å². The molecule has 1 N–H and O–H groups in total. The summed E-state index contributed by atoms with van der Waals surface area (Å²) in [6.07, 6.45) is 5.53. The van der Waals surface area contributed by atoms with E-state index in [1.54, 1.807) is 0 Å². The van der Waals surface area contributed by atoms with Crippen LogP contribution in [0.1, 0.15) is 37.8 Å². The van der Waals surface area contributed by atoms with Gasteiger partial charge in [0.1, 0.15) is 0 Å². The molecular formula is C18H28N4O. The Balaban J connectivity index is 1.29. The second kappa shape index (κ2) is 7.77. The summed E-state index contributed by atoms with van der Waals surface area (Å²) >= 11 is 0. The SMILES string of the molecule is C[C@@H]1CCCN(CCCNC(=O)N2CC(c3ccccn3)C2)C1. The molecule has 3 heterocycles. The molecule has 2 fully saturated rings. The van der Waals surface area contributed by atoms with Gasteiger partial charge >= 0.3 is 6.03 Å². The summed E-state index contributed by atoms with van der Waals surface area (Å²) in [5, 5.41) is 3.05. The lowest BCUT2D eigenvalue weighted by molar-refractivity contribution is 0.148. The topological polar surface area (TPSA) is 48.5 Å². The first kappa shape index (κ1) is 16.2. The van der Waals surface area contributed by atoms with E-state index in [0.29, 0.717) is 5.92 Å². The van der Waals surface area contributed by atoms with Gasteiger partial charge in [-0.05, 0) is 50.4 Å². The van der Waals surface area contributed by atoms with Gasteiger partial charge in [-0.25, -0.2) is 4.79 Å². The summed E-state index contributed by atoms with van der Waals surface area (Å²) in [4.78, 5) is 20.9. The van der Waals surface area contributed by atoms with Crippen LogP contribution in [-0.2, 0) is 0 Å². The van der Waals surface area contributed by atoms with Crippen molar-refractivity contribution in [2.75, 3.05) is 39.3 Å². The second-order valence-corrected chi connectivity index (χ2v) is 6.99. The Labute approximate surface area is 139 Å². The fourth-order valence-electron chi connectivity index (χ4n) is 3.55. The van der Waals surface area contributed by atoms with Crippen LogP contribution in [0.5, 0.6) is 0 Å². The van der Waals surface area contributed by atoms with Crippen molar-refractivity contribution in [3.05, 3.63) is 30.1 Å². The summed E-state index contributed by atoms with van der Waals surface area (Å²) in [7, 11) is 0. The standard InChI is InChI=1S/C18H28N4O/c1-15-6-4-10-21(12-15)11-5-9-20-18(23)22-13-16(14-22)17-7-2-3-8-19-17/h2-3,7-8,15-16H,4-6,9-14H2,1H3,(H,20,23)/t15-/m1/s1. The summed E-state index contributed by atoms with van der Waals surface area (Å²) in [6.45, 7) is 8.20. The van der Waals surface area contributed by atoms with Gasteiger partial charge in [0.2, 0.25) is 0 Å². The van der Waals surface area contributed by atoms with E-state index in [1.807, 2.05) is 29.3 Å². The fraction of sp³-hybridized carbons (Fsp3) is 0.667. The summed E-state index contributed by atoms with van der Waals surface area (Å²) in [5.74, 6) is 1.22. The summed E-state index contributed by atoms with van der Waals surface area (Å²) in [6, 6.07) is 6.05. The third-order valence-corrected chi connectivity index (χ3v) is 4.94. The maximum absolute atomic E-state index is 12.1. The molecule has 1 aromatic rings. The molecule has 1 atom stereocenters. The minimum Gasteiger partial charge on any atom is -0.338 e. The molecule has 126 valence electrons. The van der Waals surface area contributed by atoms with Gasteiger partial charge in [-0.2, -0.15) is 0 Å². The number of nitrogens with zero attached hydrogens (tertiary/aromatic N) is 3. The molecule has 23 heavy (non-hydrogen) atoms. The van der Waals surface area contributed by atoms with Crippen molar-refractivity contribution in [3.63, 3.8) is 0 Å². The zero-order chi connectivity index (χ0) is 16.1. The number of aromatic nitrogens is 1.